The van der Waals surface area contributed by atoms with E-state index in [1.165, 1.54) is 0 Å². The molecule has 0 fully saturated rings. The van der Waals surface area contributed by atoms with Gasteiger partial charge in [0, 0.05) is 16.7 Å². The second-order valence-electron chi connectivity index (χ2n) is 7.26. The predicted octanol–water partition coefficient (Wildman–Crippen LogP) is 6.44. The van der Waals surface area contributed by atoms with Crippen LogP contribution in [0.25, 0.3) is 33.6 Å². The quantitative estimate of drug-likeness (QED) is 0.407. The average molecular weight is 385 g/mol. The van der Waals surface area contributed by atoms with Crippen molar-refractivity contribution >= 4 is 0 Å². The van der Waals surface area contributed by atoms with Gasteiger partial charge in [-0.2, -0.15) is 10.5 Å². The first-order valence-electron chi connectivity index (χ1n) is 9.70. The third kappa shape index (κ3) is 3.46. The van der Waals surface area contributed by atoms with Gasteiger partial charge in [-0.25, -0.2) is 4.98 Å². The monoisotopic (exact) mass is 385 g/mol. The fourth-order valence-corrected chi connectivity index (χ4v) is 3.54. The Labute approximate surface area is 176 Å². The molecule has 30 heavy (non-hydrogen) atoms. The lowest BCUT2D eigenvalue weighted by Gasteiger charge is -2.16. The third-order valence-corrected chi connectivity index (χ3v) is 5.13. The van der Waals surface area contributed by atoms with Crippen LogP contribution in [0.1, 0.15) is 22.3 Å². The Kier molecular flexibility index (Phi) is 5.12. The van der Waals surface area contributed by atoms with Gasteiger partial charge in [0.1, 0.15) is 12.1 Å². The lowest BCUT2D eigenvalue weighted by molar-refractivity contribution is 1.27. The summed E-state index contributed by atoms with van der Waals surface area (Å²) in [5.74, 6) is 0. The van der Waals surface area contributed by atoms with Gasteiger partial charge in [-0.05, 0) is 19.4 Å². The van der Waals surface area contributed by atoms with Gasteiger partial charge in [-0.1, -0.05) is 90.0 Å². The fourth-order valence-electron chi connectivity index (χ4n) is 3.54. The van der Waals surface area contributed by atoms with Gasteiger partial charge in [-0.15, -0.1) is 0 Å². The summed E-state index contributed by atoms with van der Waals surface area (Å²) in [7, 11) is 0. The number of pyridine rings is 1. The standard InChI is InChI=1S/C27H19N3/c1-18-8-12-21(13-9-18)26-23(16-28)25(20-6-4-3-5-7-20)24(17-29)27(30-26)22-14-10-19(2)11-15-22/h3-15H,1-2H3. The molecule has 0 aliphatic carbocycles. The van der Waals surface area contributed by atoms with Crippen LogP contribution in [0.5, 0.6) is 0 Å². The number of aromatic nitrogens is 1. The third-order valence-electron chi connectivity index (χ3n) is 5.13. The molecule has 3 aromatic carbocycles. The van der Waals surface area contributed by atoms with Crippen molar-refractivity contribution in [2.45, 2.75) is 13.8 Å². The molecule has 142 valence electrons. The molecule has 0 amide bonds. The molecule has 1 aromatic heterocycles. The summed E-state index contributed by atoms with van der Waals surface area (Å²) in [5.41, 5.74) is 7.43. The SMILES string of the molecule is Cc1ccc(-c2nc(-c3ccc(C)cc3)c(C#N)c(-c3ccccc3)c2C#N)cc1. The minimum Gasteiger partial charge on any atom is -0.245 e. The zero-order valence-corrected chi connectivity index (χ0v) is 16.8. The Morgan fingerprint density at radius 3 is 1.40 bits per heavy atom. The molecular formula is C27H19N3. The molecule has 0 atom stereocenters. The van der Waals surface area contributed by atoms with Gasteiger partial charge in [-0.3, -0.25) is 0 Å². The Morgan fingerprint density at radius 2 is 1.00 bits per heavy atom. The van der Waals surface area contributed by atoms with Gasteiger partial charge in [0.05, 0.1) is 22.5 Å². The molecule has 4 aromatic rings. The first-order valence-corrected chi connectivity index (χ1v) is 9.70. The van der Waals surface area contributed by atoms with Gasteiger partial charge >= 0.3 is 0 Å². The first-order chi connectivity index (χ1) is 14.6. The molecule has 0 N–H and O–H groups in total. The number of rotatable bonds is 3. The van der Waals surface area contributed by atoms with Crippen molar-refractivity contribution in [1.82, 2.24) is 4.98 Å². The first kappa shape index (κ1) is 19.1. The van der Waals surface area contributed by atoms with Crippen LogP contribution in [0.2, 0.25) is 0 Å². The van der Waals surface area contributed by atoms with E-state index in [1.54, 1.807) is 0 Å². The highest BCUT2D eigenvalue weighted by Gasteiger charge is 2.22. The van der Waals surface area contributed by atoms with E-state index in [4.69, 9.17) is 4.98 Å². The van der Waals surface area contributed by atoms with Gasteiger partial charge in [0.25, 0.3) is 0 Å². The van der Waals surface area contributed by atoms with E-state index < -0.39 is 0 Å². The summed E-state index contributed by atoms with van der Waals surface area (Å²) in [5, 5.41) is 20.2. The van der Waals surface area contributed by atoms with E-state index in [1.807, 2.05) is 92.7 Å². The van der Waals surface area contributed by atoms with Crippen LogP contribution in [0, 0.1) is 36.5 Å². The van der Waals surface area contributed by atoms with E-state index in [2.05, 4.69) is 12.1 Å². The Hall–Kier alpha value is -4.21. The van der Waals surface area contributed by atoms with Crippen molar-refractivity contribution in [3.63, 3.8) is 0 Å². The summed E-state index contributed by atoms with van der Waals surface area (Å²) in [4.78, 5) is 4.86. The fraction of sp³-hybridized carbons (Fsp3) is 0.0741. The molecule has 0 spiro atoms. The molecule has 0 saturated carbocycles. The smallest absolute Gasteiger partial charge is 0.102 e. The molecule has 1 heterocycles. The lowest BCUT2D eigenvalue weighted by Crippen LogP contribution is -2.02. The predicted molar refractivity (Wildman–Crippen MR) is 119 cm³/mol. The van der Waals surface area contributed by atoms with Gasteiger partial charge in [0.2, 0.25) is 0 Å². The maximum Gasteiger partial charge on any atom is 0.102 e. The average Bonchev–Trinajstić information content (AvgIpc) is 2.79. The molecule has 3 nitrogen and oxygen atoms in total. The van der Waals surface area contributed by atoms with Crippen molar-refractivity contribution in [2.24, 2.45) is 0 Å². The van der Waals surface area contributed by atoms with Crippen molar-refractivity contribution in [1.29, 1.82) is 10.5 Å². The van der Waals surface area contributed by atoms with E-state index in [0.717, 1.165) is 27.8 Å². The number of benzene rings is 3. The molecule has 4 rings (SSSR count). The summed E-state index contributed by atoms with van der Waals surface area (Å²) < 4.78 is 0. The molecule has 0 unspecified atom stereocenters. The van der Waals surface area contributed by atoms with Crippen molar-refractivity contribution in [3.8, 4) is 45.8 Å². The summed E-state index contributed by atoms with van der Waals surface area (Å²) in [6.45, 7) is 4.04. The Balaban J connectivity index is 2.12. The van der Waals surface area contributed by atoms with Crippen molar-refractivity contribution in [3.05, 3.63) is 101 Å². The molecular weight excluding hydrogens is 366 g/mol. The highest BCUT2D eigenvalue weighted by molar-refractivity contribution is 5.89. The summed E-state index contributed by atoms with van der Waals surface area (Å²) in [6.07, 6.45) is 0. The van der Waals surface area contributed by atoms with E-state index in [-0.39, 0.29) is 0 Å². The van der Waals surface area contributed by atoms with Crippen LogP contribution >= 0.6 is 0 Å². The van der Waals surface area contributed by atoms with Gasteiger partial charge < -0.3 is 0 Å². The molecule has 0 saturated heterocycles. The number of aryl methyl sites for hydroxylation is 2. The molecule has 0 aliphatic rings. The van der Waals surface area contributed by atoms with Crippen LogP contribution in [0.3, 0.4) is 0 Å². The van der Waals surface area contributed by atoms with E-state index in [9.17, 15) is 10.5 Å². The summed E-state index contributed by atoms with van der Waals surface area (Å²) >= 11 is 0. The Morgan fingerprint density at radius 1 is 0.567 bits per heavy atom. The Bertz CT molecular complexity index is 1210. The van der Waals surface area contributed by atoms with Crippen LogP contribution in [-0.4, -0.2) is 4.98 Å². The van der Waals surface area contributed by atoms with Crippen LogP contribution < -0.4 is 0 Å². The maximum atomic E-state index is 10.1. The molecule has 0 aliphatic heterocycles. The second kappa shape index (κ2) is 8.03. The number of hydrogen-bond acceptors (Lipinski definition) is 3. The maximum absolute atomic E-state index is 10.1. The van der Waals surface area contributed by atoms with Crippen LogP contribution in [-0.2, 0) is 0 Å². The number of nitrogens with zero attached hydrogens (tertiary/aromatic N) is 3. The second-order valence-corrected chi connectivity index (χ2v) is 7.26. The number of nitriles is 2. The van der Waals surface area contributed by atoms with Crippen molar-refractivity contribution in [2.75, 3.05) is 0 Å². The highest BCUT2D eigenvalue weighted by atomic mass is 14.7. The van der Waals surface area contributed by atoms with Crippen LogP contribution in [0.4, 0.5) is 0 Å². The molecule has 0 radical (unpaired) electrons. The van der Waals surface area contributed by atoms with Gasteiger partial charge in [0.15, 0.2) is 0 Å². The lowest BCUT2D eigenvalue weighted by atomic mass is 9.89. The topological polar surface area (TPSA) is 60.5 Å². The van der Waals surface area contributed by atoms with E-state index in [0.29, 0.717) is 28.1 Å². The zero-order chi connectivity index (χ0) is 21.1. The highest BCUT2D eigenvalue weighted by Crippen LogP contribution is 2.38. The minimum absolute atomic E-state index is 0.414. The zero-order valence-electron chi connectivity index (χ0n) is 16.8. The van der Waals surface area contributed by atoms with Crippen LogP contribution in [0.15, 0.2) is 78.9 Å². The summed E-state index contributed by atoms with van der Waals surface area (Å²) in [6, 6.07) is 30.1. The molecule has 0 bridgehead atoms. The number of hydrogen-bond donors (Lipinski definition) is 0. The van der Waals surface area contributed by atoms with Crippen molar-refractivity contribution < 1.29 is 0 Å². The van der Waals surface area contributed by atoms with E-state index >= 15 is 0 Å². The molecule has 3 heteroatoms. The minimum atomic E-state index is 0.414. The largest absolute Gasteiger partial charge is 0.245 e. The normalized spacial score (nSPS) is 10.3.